The number of carbonyl (C=O) groups excluding carboxylic acids is 1. The summed E-state index contributed by atoms with van der Waals surface area (Å²) in [5.41, 5.74) is -0.882. The number of hydrogen-bond donors (Lipinski definition) is 3. The van der Waals surface area contributed by atoms with E-state index in [-0.39, 0.29) is 23.9 Å². The van der Waals surface area contributed by atoms with E-state index in [0.717, 1.165) is 32.1 Å². The molecular formula is C24H42O5. The minimum absolute atomic E-state index is 0.0603. The lowest BCUT2D eigenvalue weighted by atomic mass is 9.88. The first-order chi connectivity index (χ1) is 13.7. The number of allylic oxidation sites excluding steroid dienone is 2. The highest BCUT2D eigenvalue weighted by atomic mass is 16.5. The Morgan fingerprint density at radius 2 is 1.90 bits per heavy atom. The van der Waals surface area contributed by atoms with Gasteiger partial charge in [-0.05, 0) is 52.4 Å². The summed E-state index contributed by atoms with van der Waals surface area (Å²) in [4.78, 5) is 11.5. The molecule has 5 atom stereocenters. The second-order valence-electron chi connectivity index (χ2n) is 8.92. The van der Waals surface area contributed by atoms with E-state index >= 15 is 0 Å². The molecule has 1 aliphatic carbocycles. The monoisotopic (exact) mass is 410 g/mol. The van der Waals surface area contributed by atoms with Crippen LogP contribution < -0.4 is 0 Å². The molecule has 3 N–H and O–H groups in total. The number of unbranched alkanes of at least 4 members (excludes halogenated alkanes) is 3. The lowest BCUT2D eigenvalue weighted by molar-refractivity contribution is -0.147. The van der Waals surface area contributed by atoms with Crippen LogP contribution in [0.4, 0.5) is 0 Å². The number of aliphatic hydroxyl groups is 3. The molecule has 0 aromatic carbocycles. The minimum atomic E-state index is -0.882. The Labute approximate surface area is 176 Å². The zero-order valence-corrected chi connectivity index (χ0v) is 18.7. The van der Waals surface area contributed by atoms with Gasteiger partial charge in [0.2, 0.25) is 0 Å². The quantitative estimate of drug-likeness (QED) is 0.239. The summed E-state index contributed by atoms with van der Waals surface area (Å²) in [5, 5.41) is 31.2. The Hall–Kier alpha value is -1.17. The minimum Gasteiger partial charge on any atom is -0.463 e. The topological polar surface area (TPSA) is 87.0 Å². The van der Waals surface area contributed by atoms with Crippen molar-refractivity contribution in [3.8, 4) is 0 Å². The zero-order chi connectivity index (χ0) is 21.9. The van der Waals surface area contributed by atoms with E-state index in [4.69, 9.17) is 4.74 Å². The van der Waals surface area contributed by atoms with Crippen molar-refractivity contribution < 1.29 is 24.9 Å². The first-order valence-corrected chi connectivity index (χ1v) is 11.3. The largest absolute Gasteiger partial charge is 0.463 e. The van der Waals surface area contributed by atoms with Gasteiger partial charge in [-0.25, -0.2) is 0 Å². The number of ether oxygens (including phenoxy) is 1. The highest BCUT2D eigenvalue weighted by Gasteiger charge is 2.39. The molecule has 0 spiro atoms. The van der Waals surface area contributed by atoms with Crippen LogP contribution in [0.2, 0.25) is 0 Å². The number of hydrogen-bond acceptors (Lipinski definition) is 5. The van der Waals surface area contributed by atoms with Gasteiger partial charge in [-0.2, -0.15) is 0 Å². The first kappa shape index (κ1) is 25.9. The molecule has 5 nitrogen and oxygen atoms in total. The Morgan fingerprint density at radius 3 is 2.55 bits per heavy atom. The number of aliphatic hydroxyl groups excluding tert-OH is 2. The molecule has 168 valence electrons. The zero-order valence-electron chi connectivity index (χ0n) is 18.7. The van der Waals surface area contributed by atoms with Crippen molar-refractivity contribution >= 4 is 5.97 Å². The molecular weight excluding hydrogens is 368 g/mol. The van der Waals surface area contributed by atoms with Crippen molar-refractivity contribution in [1.29, 1.82) is 0 Å². The summed E-state index contributed by atoms with van der Waals surface area (Å²) in [6.07, 6.45) is 13.4. The summed E-state index contributed by atoms with van der Waals surface area (Å²) in [7, 11) is 0. The summed E-state index contributed by atoms with van der Waals surface area (Å²) in [5.74, 6) is -0.387. The van der Waals surface area contributed by atoms with Gasteiger partial charge in [0.25, 0.3) is 0 Å². The average molecular weight is 411 g/mol. The maximum Gasteiger partial charge on any atom is 0.306 e. The molecule has 0 aromatic heterocycles. The van der Waals surface area contributed by atoms with Crippen molar-refractivity contribution in [2.24, 2.45) is 11.8 Å². The van der Waals surface area contributed by atoms with E-state index in [2.05, 4.69) is 6.92 Å². The first-order valence-electron chi connectivity index (χ1n) is 11.3. The Kier molecular flexibility index (Phi) is 11.8. The molecule has 1 fully saturated rings. The molecule has 0 bridgehead atoms. The third-order valence-corrected chi connectivity index (χ3v) is 5.57. The smallest absolute Gasteiger partial charge is 0.306 e. The van der Waals surface area contributed by atoms with E-state index < -0.39 is 17.8 Å². The Balaban J connectivity index is 2.49. The molecule has 1 rings (SSSR count). The molecule has 0 unspecified atom stereocenters. The molecule has 29 heavy (non-hydrogen) atoms. The fourth-order valence-corrected chi connectivity index (χ4v) is 3.90. The van der Waals surface area contributed by atoms with Gasteiger partial charge in [0.05, 0.1) is 23.9 Å². The van der Waals surface area contributed by atoms with Gasteiger partial charge in [0.15, 0.2) is 0 Å². The van der Waals surface area contributed by atoms with Gasteiger partial charge in [-0.1, -0.05) is 50.5 Å². The van der Waals surface area contributed by atoms with Crippen molar-refractivity contribution in [1.82, 2.24) is 0 Å². The standard InChI is InChI=1S/C24H42O5/c1-5-6-11-15-24(4,28)16-14-20-19(21(25)17-22(20)26)12-9-7-8-10-13-23(27)29-18(2)3/h7,9,14,16,18-22,25-26,28H,5-6,8,10-13,15,17H2,1-4H3/t19-,20-,21+,22-,24+/m1/s1. The van der Waals surface area contributed by atoms with Gasteiger partial charge in [0.1, 0.15) is 0 Å². The summed E-state index contributed by atoms with van der Waals surface area (Å²) >= 11 is 0. The predicted octanol–water partition coefficient (Wildman–Crippen LogP) is 4.30. The van der Waals surface area contributed by atoms with Crippen molar-refractivity contribution in [2.75, 3.05) is 0 Å². The molecule has 1 saturated carbocycles. The maximum absolute atomic E-state index is 11.5. The van der Waals surface area contributed by atoms with E-state index in [1.165, 1.54) is 0 Å². The van der Waals surface area contributed by atoms with Gasteiger partial charge in [-0.3, -0.25) is 4.79 Å². The number of carbonyl (C=O) groups is 1. The van der Waals surface area contributed by atoms with Crippen LogP contribution in [0.5, 0.6) is 0 Å². The Morgan fingerprint density at radius 1 is 1.17 bits per heavy atom. The molecule has 0 amide bonds. The second kappa shape index (κ2) is 13.2. The van der Waals surface area contributed by atoms with Gasteiger partial charge < -0.3 is 20.1 Å². The second-order valence-corrected chi connectivity index (χ2v) is 8.92. The summed E-state index contributed by atoms with van der Waals surface area (Å²) in [6, 6.07) is 0. The third kappa shape index (κ3) is 10.4. The van der Waals surface area contributed by atoms with Crippen LogP contribution in [0.25, 0.3) is 0 Å². The summed E-state index contributed by atoms with van der Waals surface area (Å²) < 4.78 is 5.11. The fraction of sp³-hybridized carbons (Fsp3) is 0.792. The van der Waals surface area contributed by atoms with E-state index in [9.17, 15) is 20.1 Å². The molecule has 0 heterocycles. The van der Waals surface area contributed by atoms with Gasteiger partial charge in [-0.15, -0.1) is 0 Å². The van der Waals surface area contributed by atoms with Crippen LogP contribution in [-0.2, 0) is 9.53 Å². The SMILES string of the molecule is CCCCC[C@](C)(O)C=C[C@@H]1[C@@H](CC=CCCCC(=O)OC(C)C)[C@@H](O)C[C@H]1O. The maximum atomic E-state index is 11.5. The van der Waals surface area contributed by atoms with Gasteiger partial charge >= 0.3 is 5.97 Å². The van der Waals surface area contributed by atoms with Crippen LogP contribution in [0.15, 0.2) is 24.3 Å². The highest BCUT2D eigenvalue weighted by molar-refractivity contribution is 5.69. The predicted molar refractivity (Wildman–Crippen MR) is 116 cm³/mol. The van der Waals surface area contributed by atoms with Crippen LogP contribution in [0, 0.1) is 11.8 Å². The lowest BCUT2D eigenvalue weighted by Gasteiger charge is -2.23. The van der Waals surface area contributed by atoms with Crippen LogP contribution >= 0.6 is 0 Å². The third-order valence-electron chi connectivity index (χ3n) is 5.57. The van der Waals surface area contributed by atoms with Crippen LogP contribution in [0.1, 0.15) is 85.5 Å². The van der Waals surface area contributed by atoms with Crippen molar-refractivity contribution in [3.63, 3.8) is 0 Å². The van der Waals surface area contributed by atoms with Crippen LogP contribution in [-0.4, -0.2) is 45.2 Å². The van der Waals surface area contributed by atoms with E-state index in [1.54, 1.807) is 13.0 Å². The van der Waals surface area contributed by atoms with E-state index in [0.29, 0.717) is 25.7 Å². The molecule has 0 radical (unpaired) electrons. The van der Waals surface area contributed by atoms with Crippen LogP contribution in [0.3, 0.4) is 0 Å². The normalized spacial score (nSPS) is 27.2. The molecule has 1 aliphatic rings. The Bertz CT molecular complexity index is 523. The fourth-order valence-electron chi connectivity index (χ4n) is 3.90. The van der Waals surface area contributed by atoms with Gasteiger partial charge in [0, 0.05) is 18.8 Å². The average Bonchev–Trinajstić information content (AvgIpc) is 2.88. The molecule has 0 aliphatic heterocycles. The molecule has 0 saturated heterocycles. The summed E-state index contributed by atoms with van der Waals surface area (Å²) in [6.45, 7) is 7.62. The van der Waals surface area contributed by atoms with Crippen molar-refractivity contribution in [3.05, 3.63) is 24.3 Å². The molecule has 5 heteroatoms. The highest BCUT2D eigenvalue weighted by Crippen LogP contribution is 2.37. The molecule has 0 aromatic rings. The number of rotatable bonds is 13. The van der Waals surface area contributed by atoms with E-state index in [1.807, 2.05) is 32.1 Å². The van der Waals surface area contributed by atoms with Crippen molar-refractivity contribution in [2.45, 2.75) is 109 Å². The number of esters is 1. The lowest BCUT2D eigenvalue weighted by Crippen LogP contribution is -2.24.